The van der Waals surface area contributed by atoms with Crippen LogP contribution >= 0.6 is 7.37 Å². The summed E-state index contributed by atoms with van der Waals surface area (Å²) >= 11 is 0. The van der Waals surface area contributed by atoms with Gasteiger partial charge in [-0.2, -0.15) is 0 Å². The Bertz CT molecular complexity index is 1030. The monoisotopic (exact) mass is 541 g/mol. The summed E-state index contributed by atoms with van der Waals surface area (Å²) < 4.78 is 23.5. The minimum Gasteiger partial charge on any atom is -0.391 e. The Morgan fingerprint density at radius 3 is 2.39 bits per heavy atom. The number of hydrogen-bond donors (Lipinski definition) is 2. The first-order valence-corrected chi connectivity index (χ1v) is 16.4. The molecule has 1 aliphatic heterocycles. The van der Waals surface area contributed by atoms with E-state index in [4.69, 9.17) is 9.47 Å². The van der Waals surface area contributed by atoms with Gasteiger partial charge in [0.25, 0.3) is 0 Å². The molecule has 2 N–H and O–H groups in total. The van der Waals surface area contributed by atoms with E-state index in [1.54, 1.807) is 0 Å². The molecule has 0 bridgehead atoms. The van der Waals surface area contributed by atoms with Crippen molar-refractivity contribution in [3.05, 3.63) is 72.3 Å². The highest BCUT2D eigenvalue weighted by Gasteiger charge is 2.45. The molecule has 2 aliphatic rings. The van der Waals surface area contributed by atoms with Crippen LogP contribution in [0.4, 0.5) is 0 Å². The summed E-state index contributed by atoms with van der Waals surface area (Å²) in [5.41, 5.74) is 3.55. The van der Waals surface area contributed by atoms with E-state index in [0.29, 0.717) is 32.4 Å². The third kappa shape index (κ3) is 8.87. The third-order valence-corrected chi connectivity index (χ3v) is 8.95. The molecule has 1 saturated carbocycles. The summed E-state index contributed by atoms with van der Waals surface area (Å²) in [6.07, 6.45) is 9.66. The molecular weight excluding hydrogens is 497 g/mol. The van der Waals surface area contributed by atoms with Crippen molar-refractivity contribution in [2.75, 3.05) is 39.1 Å². The number of benzene rings is 2. The second-order valence-electron chi connectivity index (χ2n) is 10.8. The Kier molecular flexibility index (Phi) is 11.2. The number of hydrogen-bond acceptors (Lipinski definition) is 5. The summed E-state index contributed by atoms with van der Waals surface area (Å²) in [6, 6.07) is 19.1. The third-order valence-electron chi connectivity index (χ3n) is 7.80. The predicted octanol–water partition coefficient (Wildman–Crippen LogP) is 5.73. The maximum absolute atomic E-state index is 11.4. The van der Waals surface area contributed by atoms with E-state index in [1.807, 2.05) is 6.07 Å². The molecule has 1 aliphatic carbocycles. The van der Waals surface area contributed by atoms with Crippen LogP contribution in [0.2, 0.25) is 0 Å². The van der Waals surface area contributed by atoms with Crippen LogP contribution in [-0.4, -0.2) is 72.3 Å². The van der Waals surface area contributed by atoms with Crippen LogP contribution in [0.1, 0.15) is 44.1 Å². The fourth-order valence-electron chi connectivity index (χ4n) is 5.81. The number of nitrogens with zero attached hydrogens (tertiary/aromatic N) is 1. The largest absolute Gasteiger partial charge is 0.391 e. The number of aliphatic hydroxyl groups excluding tert-OH is 1. The van der Waals surface area contributed by atoms with Crippen LogP contribution in [0.15, 0.2) is 66.7 Å². The summed E-state index contributed by atoms with van der Waals surface area (Å²) in [4.78, 5) is 11.8. The van der Waals surface area contributed by atoms with Crippen molar-refractivity contribution in [3.63, 3.8) is 0 Å². The lowest BCUT2D eigenvalue weighted by atomic mass is 9.93. The van der Waals surface area contributed by atoms with Crippen LogP contribution in [0, 0.1) is 5.92 Å². The molecular formula is C31H44NO5P. The molecule has 0 spiro atoms. The highest BCUT2D eigenvalue weighted by atomic mass is 31.2. The van der Waals surface area contributed by atoms with E-state index in [2.05, 4.69) is 65.6 Å². The summed E-state index contributed by atoms with van der Waals surface area (Å²) in [5, 5.41) is 11.1. The summed E-state index contributed by atoms with van der Waals surface area (Å²) in [7, 11) is -2.90. The molecule has 1 heterocycles. The number of morpholine rings is 1. The Balaban J connectivity index is 1.32. The smallest absolute Gasteiger partial charge is 0.197 e. The van der Waals surface area contributed by atoms with Gasteiger partial charge in [-0.1, -0.05) is 66.7 Å². The average Bonchev–Trinajstić information content (AvgIpc) is 3.24. The van der Waals surface area contributed by atoms with E-state index in [-0.39, 0.29) is 18.1 Å². The zero-order chi connectivity index (χ0) is 26.8. The van der Waals surface area contributed by atoms with Crippen molar-refractivity contribution >= 4 is 7.37 Å². The Hall–Kier alpha value is -1.79. The molecule has 7 heteroatoms. The van der Waals surface area contributed by atoms with Gasteiger partial charge in [-0.05, 0) is 48.8 Å². The minimum absolute atomic E-state index is 0.0169. The number of rotatable bonds is 13. The predicted molar refractivity (Wildman–Crippen MR) is 154 cm³/mol. The number of allylic oxidation sites excluding steroid dienone is 2. The molecule has 2 fully saturated rings. The van der Waals surface area contributed by atoms with Gasteiger partial charge >= 0.3 is 0 Å². The number of unbranched alkanes of at least 4 members (excludes halogenated alkanes) is 2. The van der Waals surface area contributed by atoms with Crippen LogP contribution in [-0.2, 0) is 20.6 Å². The van der Waals surface area contributed by atoms with Crippen LogP contribution < -0.4 is 0 Å². The van der Waals surface area contributed by atoms with E-state index < -0.39 is 13.5 Å². The van der Waals surface area contributed by atoms with Crippen molar-refractivity contribution in [2.24, 2.45) is 5.92 Å². The van der Waals surface area contributed by atoms with Crippen molar-refractivity contribution in [1.29, 1.82) is 0 Å². The molecule has 208 valence electrons. The first-order chi connectivity index (χ1) is 18.4. The first-order valence-electron chi connectivity index (χ1n) is 14.1. The van der Waals surface area contributed by atoms with E-state index in [1.165, 1.54) is 17.8 Å². The molecule has 0 aromatic heterocycles. The van der Waals surface area contributed by atoms with Gasteiger partial charge in [0.2, 0.25) is 0 Å². The van der Waals surface area contributed by atoms with Gasteiger partial charge in [-0.3, -0.25) is 9.46 Å². The molecule has 0 radical (unpaired) electrons. The van der Waals surface area contributed by atoms with Crippen LogP contribution in [0.5, 0.6) is 0 Å². The molecule has 0 amide bonds. The second kappa shape index (κ2) is 14.6. The number of ether oxygens (including phenoxy) is 2. The molecule has 2 aromatic carbocycles. The standard InChI is InChI=1S/C31H44NO5P/c1-38(34,35)22-10-5-3-2-4-9-13-28-30(23-29(33)31(28)32-18-20-36-21-19-32)37-24-25-14-16-27(17-15-25)26-11-7-6-8-12-26/h2,4,6-8,11-12,14-17,28-31,33H,3,5,9-10,13,18-24H2,1H3,(H,34,35)/b4-2+. The highest BCUT2D eigenvalue weighted by Crippen LogP contribution is 2.38. The average molecular weight is 542 g/mol. The van der Waals surface area contributed by atoms with Gasteiger partial charge in [-0.15, -0.1) is 0 Å². The van der Waals surface area contributed by atoms with Gasteiger partial charge in [0.05, 0.1) is 32.0 Å². The first kappa shape index (κ1) is 29.2. The Morgan fingerprint density at radius 1 is 1.00 bits per heavy atom. The number of aliphatic hydroxyl groups is 1. The Labute approximate surface area is 228 Å². The maximum Gasteiger partial charge on any atom is 0.197 e. The van der Waals surface area contributed by atoms with Crippen molar-refractivity contribution < 1.29 is 24.0 Å². The fourth-order valence-corrected chi connectivity index (χ4v) is 6.62. The molecule has 1 saturated heterocycles. The SMILES string of the molecule is CP(=O)(O)CCCC/C=C/CCC1C(OCc2ccc(-c3ccccc3)cc2)CC(O)C1N1CCOCC1. The van der Waals surface area contributed by atoms with E-state index in [9.17, 15) is 14.6 Å². The maximum atomic E-state index is 11.4. The fraction of sp³-hybridized carbons (Fsp3) is 0.548. The van der Waals surface area contributed by atoms with Gasteiger partial charge in [0.15, 0.2) is 7.37 Å². The lowest BCUT2D eigenvalue weighted by molar-refractivity contribution is -0.0354. The summed E-state index contributed by atoms with van der Waals surface area (Å²) in [5.74, 6) is 0.261. The summed E-state index contributed by atoms with van der Waals surface area (Å²) in [6.45, 7) is 5.12. The molecule has 38 heavy (non-hydrogen) atoms. The van der Waals surface area contributed by atoms with E-state index >= 15 is 0 Å². The zero-order valence-corrected chi connectivity index (χ0v) is 23.6. The van der Waals surface area contributed by atoms with Gasteiger partial charge < -0.3 is 19.5 Å². The van der Waals surface area contributed by atoms with Crippen LogP contribution in [0.25, 0.3) is 11.1 Å². The highest BCUT2D eigenvalue weighted by molar-refractivity contribution is 7.57. The lowest BCUT2D eigenvalue weighted by Gasteiger charge is -2.38. The normalized spacial score (nSPS) is 26.1. The zero-order valence-electron chi connectivity index (χ0n) is 22.7. The minimum atomic E-state index is -2.90. The van der Waals surface area contributed by atoms with Crippen molar-refractivity contribution in [1.82, 2.24) is 4.90 Å². The molecule has 5 unspecified atom stereocenters. The van der Waals surface area contributed by atoms with Gasteiger partial charge in [0.1, 0.15) is 0 Å². The molecule has 6 nitrogen and oxygen atoms in total. The molecule has 5 atom stereocenters. The van der Waals surface area contributed by atoms with Crippen molar-refractivity contribution in [3.8, 4) is 11.1 Å². The molecule has 2 aromatic rings. The topological polar surface area (TPSA) is 79.2 Å². The Morgan fingerprint density at radius 2 is 1.68 bits per heavy atom. The van der Waals surface area contributed by atoms with Gasteiger partial charge in [-0.25, -0.2) is 0 Å². The molecule has 4 rings (SSSR count). The lowest BCUT2D eigenvalue weighted by Crippen LogP contribution is -2.50. The quantitative estimate of drug-likeness (QED) is 0.192. The van der Waals surface area contributed by atoms with Crippen LogP contribution in [0.3, 0.4) is 0 Å². The second-order valence-corrected chi connectivity index (χ2v) is 13.4. The van der Waals surface area contributed by atoms with Gasteiger partial charge in [0, 0.05) is 44.3 Å². The van der Waals surface area contributed by atoms with E-state index in [0.717, 1.165) is 50.8 Å². The van der Waals surface area contributed by atoms with Crippen molar-refractivity contribution in [2.45, 2.75) is 63.4 Å².